The van der Waals surface area contributed by atoms with E-state index in [1.807, 2.05) is 0 Å². The molecule has 2 aromatic rings. The van der Waals surface area contributed by atoms with E-state index >= 15 is 0 Å². The lowest BCUT2D eigenvalue weighted by atomic mass is 10.3. The Labute approximate surface area is 106 Å². The minimum absolute atomic E-state index is 0.228. The molecule has 0 aliphatic rings. The normalized spacial score (nSPS) is 10.5. The number of hydrogen-bond acceptors (Lipinski definition) is 4. The highest BCUT2D eigenvalue weighted by molar-refractivity contribution is 9.10. The predicted octanol–water partition coefficient (Wildman–Crippen LogP) is 1.29. The number of rotatable bonds is 3. The van der Waals surface area contributed by atoms with Crippen molar-refractivity contribution in [3.05, 3.63) is 34.3 Å². The van der Waals surface area contributed by atoms with Crippen molar-refractivity contribution in [1.29, 1.82) is 0 Å². The molecule has 1 amide bonds. The Hall–Kier alpha value is -1.76. The quantitative estimate of drug-likeness (QED) is 0.894. The van der Waals surface area contributed by atoms with Gasteiger partial charge in [0.2, 0.25) is 0 Å². The van der Waals surface area contributed by atoms with E-state index in [0.29, 0.717) is 22.6 Å². The maximum atomic E-state index is 11.7. The number of halogens is 1. The fourth-order valence-electron chi connectivity index (χ4n) is 1.36. The Morgan fingerprint density at radius 1 is 1.71 bits per heavy atom. The number of nitrogen functional groups attached to an aromatic ring is 1. The van der Waals surface area contributed by atoms with Crippen LogP contribution in [0.3, 0.4) is 0 Å². The summed E-state index contributed by atoms with van der Waals surface area (Å²) in [6.07, 6.45) is 3.07. The van der Waals surface area contributed by atoms with Crippen LogP contribution in [0, 0.1) is 0 Å². The number of aromatic nitrogens is 2. The van der Waals surface area contributed by atoms with Crippen LogP contribution in [0.1, 0.15) is 15.9 Å². The smallest absolute Gasteiger partial charge is 0.256 e. The monoisotopic (exact) mass is 298 g/mol. The van der Waals surface area contributed by atoms with Crippen molar-refractivity contribution in [2.45, 2.75) is 6.54 Å². The van der Waals surface area contributed by atoms with Gasteiger partial charge in [-0.2, -0.15) is 5.10 Å². The third-order valence-corrected chi connectivity index (χ3v) is 2.98. The van der Waals surface area contributed by atoms with Gasteiger partial charge < -0.3 is 15.5 Å². The number of furan rings is 1. The molecular weight excluding hydrogens is 288 g/mol. The fourth-order valence-corrected chi connectivity index (χ4v) is 1.78. The van der Waals surface area contributed by atoms with Crippen LogP contribution in [0.15, 0.2) is 27.6 Å². The molecule has 0 saturated carbocycles. The van der Waals surface area contributed by atoms with Gasteiger partial charge in [0.15, 0.2) is 4.67 Å². The first-order valence-corrected chi connectivity index (χ1v) is 5.66. The number of aryl methyl sites for hydroxylation is 1. The molecule has 0 unspecified atom stereocenters. The molecule has 0 aromatic carbocycles. The molecule has 90 valence electrons. The zero-order valence-electron chi connectivity index (χ0n) is 9.11. The summed E-state index contributed by atoms with van der Waals surface area (Å²) in [6, 6.07) is 1.59. The predicted molar refractivity (Wildman–Crippen MR) is 65.2 cm³/mol. The molecule has 3 N–H and O–H groups in total. The van der Waals surface area contributed by atoms with Crippen LogP contribution >= 0.6 is 15.9 Å². The van der Waals surface area contributed by atoms with Gasteiger partial charge in [0.1, 0.15) is 5.82 Å². The van der Waals surface area contributed by atoms with E-state index in [2.05, 4.69) is 26.3 Å². The summed E-state index contributed by atoms with van der Waals surface area (Å²) in [5.74, 6) is 0.311. The molecule has 2 heterocycles. The minimum Gasteiger partial charge on any atom is -0.457 e. The zero-order valence-corrected chi connectivity index (χ0v) is 10.7. The Bertz CT molecular complexity index is 546. The zero-order chi connectivity index (χ0) is 12.4. The van der Waals surface area contributed by atoms with Gasteiger partial charge in [-0.25, -0.2) is 0 Å². The third-order valence-electron chi connectivity index (χ3n) is 2.37. The second-order valence-electron chi connectivity index (χ2n) is 3.47. The minimum atomic E-state index is -0.228. The van der Waals surface area contributed by atoms with Crippen molar-refractivity contribution in [2.75, 3.05) is 5.73 Å². The largest absolute Gasteiger partial charge is 0.457 e. The van der Waals surface area contributed by atoms with Crippen molar-refractivity contribution in [2.24, 2.45) is 7.05 Å². The molecule has 0 spiro atoms. The lowest BCUT2D eigenvalue weighted by Gasteiger charge is -2.03. The van der Waals surface area contributed by atoms with E-state index in [1.165, 1.54) is 6.26 Å². The van der Waals surface area contributed by atoms with Crippen molar-refractivity contribution < 1.29 is 9.21 Å². The summed E-state index contributed by atoms with van der Waals surface area (Å²) < 4.78 is 6.94. The first-order chi connectivity index (χ1) is 8.09. The topological polar surface area (TPSA) is 86.1 Å². The number of anilines is 1. The number of carbonyl (C=O) groups excluding carboxylic acids is 1. The molecule has 0 fully saturated rings. The molecule has 2 rings (SSSR count). The lowest BCUT2D eigenvalue weighted by molar-refractivity contribution is 0.0949. The summed E-state index contributed by atoms with van der Waals surface area (Å²) in [5, 5.41) is 6.72. The Kier molecular flexibility index (Phi) is 3.19. The highest BCUT2D eigenvalue weighted by Crippen LogP contribution is 2.17. The number of amides is 1. The van der Waals surface area contributed by atoms with Crippen LogP contribution in [-0.4, -0.2) is 15.7 Å². The second-order valence-corrected chi connectivity index (χ2v) is 4.19. The highest BCUT2D eigenvalue weighted by atomic mass is 79.9. The Morgan fingerprint density at radius 3 is 3.00 bits per heavy atom. The number of hydrogen-bond donors (Lipinski definition) is 2. The molecule has 6 nitrogen and oxygen atoms in total. The van der Waals surface area contributed by atoms with E-state index in [-0.39, 0.29) is 5.91 Å². The summed E-state index contributed by atoms with van der Waals surface area (Å²) in [7, 11) is 1.74. The van der Waals surface area contributed by atoms with Crippen LogP contribution in [0.25, 0.3) is 0 Å². The van der Waals surface area contributed by atoms with Crippen LogP contribution < -0.4 is 11.1 Å². The average Bonchev–Trinajstić information content (AvgIpc) is 2.85. The SMILES string of the molecule is Cn1ncc(CNC(=O)c2ccoc2Br)c1N. The van der Waals surface area contributed by atoms with Gasteiger partial charge >= 0.3 is 0 Å². The Balaban J connectivity index is 2.02. The van der Waals surface area contributed by atoms with Gasteiger partial charge in [0.05, 0.1) is 18.0 Å². The van der Waals surface area contributed by atoms with Gasteiger partial charge in [0, 0.05) is 19.2 Å². The maximum absolute atomic E-state index is 11.7. The van der Waals surface area contributed by atoms with E-state index in [1.54, 1.807) is 24.0 Å². The van der Waals surface area contributed by atoms with Gasteiger partial charge in [0.25, 0.3) is 5.91 Å². The fraction of sp³-hybridized carbons (Fsp3) is 0.200. The molecule has 7 heteroatoms. The first-order valence-electron chi connectivity index (χ1n) is 4.87. The molecule has 17 heavy (non-hydrogen) atoms. The van der Waals surface area contributed by atoms with Crippen LogP contribution in [-0.2, 0) is 13.6 Å². The molecule has 0 radical (unpaired) electrons. The van der Waals surface area contributed by atoms with E-state index in [0.717, 1.165) is 5.56 Å². The molecule has 0 aliphatic carbocycles. The highest BCUT2D eigenvalue weighted by Gasteiger charge is 2.13. The van der Waals surface area contributed by atoms with Crippen molar-refractivity contribution in [3.63, 3.8) is 0 Å². The summed E-state index contributed by atoms with van der Waals surface area (Å²) in [4.78, 5) is 11.7. The van der Waals surface area contributed by atoms with E-state index in [4.69, 9.17) is 10.2 Å². The third kappa shape index (κ3) is 2.33. The van der Waals surface area contributed by atoms with Crippen molar-refractivity contribution in [3.8, 4) is 0 Å². The summed E-state index contributed by atoms with van der Waals surface area (Å²) >= 11 is 3.14. The van der Waals surface area contributed by atoms with Crippen LogP contribution in [0.5, 0.6) is 0 Å². The molecule has 0 bridgehead atoms. The van der Waals surface area contributed by atoms with Crippen molar-refractivity contribution in [1.82, 2.24) is 15.1 Å². The number of carbonyl (C=O) groups is 1. The standard InChI is InChI=1S/C10H11BrN4O2/c1-15-9(12)6(5-14-15)4-13-10(16)7-2-3-17-8(7)11/h2-3,5H,4,12H2,1H3,(H,13,16). The van der Waals surface area contributed by atoms with Gasteiger partial charge in [-0.15, -0.1) is 0 Å². The molecular formula is C10H11BrN4O2. The van der Waals surface area contributed by atoms with E-state index < -0.39 is 0 Å². The first kappa shape index (κ1) is 11.7. The molecule has 0 saturated heterocycles. The molecule has 0 aliphatic heterocycles. The number of nitrogens with one attached hydrogen (secondary N) is 1. The second kappa shape index (κ2) is 4.62. The Morgan fingerprint density at radius 2 is 2.47 bits per heavy atom. The lowest BCUT2D eigenvalue weighted by Crippen LogP contribution is -2.23. The average molecular weight is 299 g/mol. The van der Waals surface area contributed by atoms with Crippen LogP contribution in [0.4, 0.5) is 5.82 Å². The number of nitrogens with two attached hydrogens (primary N) is 1. The molecule has 2 aromatic heterocycles. The van der Waals surface area contributed by atoms with Gasteiger partial charge in [-0.3, -0.25) is 9.48 Å². The van der Waals surface area contributed by atoms with Gasteiger partial charge in [-0.05, 0) is 22.0 Å². The molecule has 0 atom stereocenters. The number of nitrogens with zero attached hydrogens (tertiary/aromatic N) is 2. The maximum Gasteiger partial charge on any atom is 0.256 e. The van der Waals surface area contributed by atoms with Crippen molar-refractivity contribution >= 4 is 27.7 Å². The summed E-state index contributed by atoms with van der Waals surface area (Å²) in [5.41, 5.74) is 6.99. The van der Waals surface area contributed by atoms with E-state index in [9.17, 15) is 4.79 Å². The summed E-state index contributed by atoms with van der Waals surface area (Å²) in [6.45, 7) is 0.329. The van der Waals surface area contributed by atoms with Gasteiger partial charge in [-0.1, -0.05) is 0 Å². The van der Waals surface area contributed by atoms with Crippen LogP contribution in [0.2, 0.25) is 0 Å².